The predicted octanol–water partition coefficient (Wildman–Crippen LogP) is 3.27. The van der Waals surface area contributed by atoms with E-state index in [0.29, 0.717) is 34.1 Å². The number of non-ortho nitro benzene ring substituents is 1. The molecule has 10 nitrogen and oxygen atoms in total. The number of aliphatic hydroxyl groups excluding tert-OH is 1. The Morgan fingerprint density at radius 3 is 2.57 bits per heavy atom. The van der Waals surface area contributed by atoms with Gasteiger partial charge in [-0.2, -0.15) is 0 Å². The van der Waals surface area contributed by atoms with E-state index in [0.717, 1.165) is 0 Å². The Kier molecular flexibility index (Phi) is 8.52. The minimum absolute atomic E-state index is 0.0717. The highest BCUT2D eigenvalue weighted by atomic mass is 32.2. The number of amides is 2. The molecular formula is C25H25N3O7S2. The van der Waals surface area contributed by atoms with Gasteiger partial charge in [-0.05, 0) is 36.2 Å². The summed E-state index contributed by atoms with van der Waals surface area (Å²) in [5.41, 5.74) is 1.16. The minimum Gasteiger partial charge on any atom is -0.456 e. The Morgan fingerprint density at radius 2 is 1.92 bits per heavy atom. The predicted molar refractivity (Wildman–Crippen MR) is 139 cm³/mol. The van der Waals surface area contributed by atoms with Crippen molar-refractivity contribution in [3.05, 3.63) is 85.8 Å². The van der Waals surface area contributed by atoms with Crippen molar-refractivity contribution in [2.45, 2.75) is 31.4 Å². The maximum absolute atomic E-state index is 13.1. The van der Waals surface area contributed by atoms with Crippen molar-refractivity contribution in [1.82, 2.24) is 10.2 Å². The fourth-order valence-electron chi connectivity index (χ4n) is 3.94. The summed E-state index contributed by atoms with van der Waals surface area (Å²) in [7, 11) is 0. The summed E-state index contributed by atoms with van der Waals surface area (Å²) >= 11 is 2.67. The third-order valence-electron chi connectivity index (χ3n) is 5.95. The van der Waals surface area contributed by atoms with Gasteiger partial charge in [0.2, 0.25) is 5.91 Å². The number of esters is 1. The van der Waals surface area contributed by atoms with Gasteiger partial charge in [-0.15, -0.1) is 11.8 Å². The molecule has 2 aliphatic heterocycles. The smallest absolute Gasteiger partial charge is 0.357 e. The van der Waals surface area contributed by atoms with Crippen LogP contribution in [0.1, 0.15) is 29.3 Å². The van der Waals surface area contributed by atoms with Crippen LogP contribution in [0.4, 0.5) is 5.69 Å². The number of aliphatic hydroxyl groups is 1. The van der Waals surface area contributed by atoms with Gasteiger partial charge in [-0.25, -0.2) is 4.79 Å². The lowest BCUT2D eigenvalue weighted by Gasteiger charge is -2.44. The number of benzene rings is 2. The van der Waals surface area contributed by atoms with Crippen LogP contribution in [0.25, 0.3) is 0 Å². The van der Waals surface area contributed by atoms with Crippen LogP contribution >= 0.6 is 23.5 Å². The Balaban J connectivity index is 1.42. The maximum Gasteiger partial charge on any atom is 0.357 e. The van der Waals surface area contributed by atoms with Gasteiger partial charge in [0.25, 0.3) is 11.6 Å². The topological polar surface area (TPSA) is 139 Å². The Bertz CT molecular complexity index is 1220. The molecule has 2 aliphatic rings. The molecule has 1 saturated heterocycles. The fourth-order valence-corrected chi connectivity index (χ4v) is 6.73. The highest BCUT2D eigenvalue weighted by molar-refractivity contribution is 8.22. The first-order chi connectivity index (χ1) is 17.8. The zero-order valence-corrected chi connectivity index (χ0v) is 21.5. The summed E-state index contributed by atoms with van der Waals surface area (Å²) in [6.07, 6.45) is -0.400. The molecule has 3 atom stereocenters. The van der Waals surface area contributed by atoms with Crippen LogP contribution in [-0.2, 0) is 20.9 Å². The first kappa shape index (κ1) is 26.7. The van der Waals surface area contributed by atoms with Crippen LogP contribution in [0.2, 0.25) is 0 Å². The number of ether oxygens (including phenoxy) is 1. The van der Waals surface area contributed by atoms with Crippen molar-refractivity contribution in [1.29, 1.82) is 0 Å². The third kappa shape index (κ3) is 5.81. The maximum atomic E-state index is 13.1. The molecule has 2 aromatic rings. The Hall–Kier alpha value is -3.35. The molecule has 0 spiro atoms. The van der Waals surface area contributed by atoms with E-state index in [4.69, 9.17) is 4.74 Å². The number of nitro groups is 1. The van der Waals surface area contributed by atoms with Crippen molar-refractivity contribution < 1.29 is 29.2 Å². The van der Waals surface area contributed by atoms with Gasteiger partial charge in [0.05, 0.1) is 21.2 Å². The monoisotopic (exact) mass is 543 g/mol. The van der Waals surface area contributed by atoms with Gasteiger partial charge >= 0.3 is 5.97 Å². The quantitative estimate of drug-likeness (QED) is 0.144. The second-order valence-electron chi connectivity index (χ2n) is 8.32. The number of hydrogen-bond donors (Lipinski definition) is 2. The van der Waals surface area contributed by atoms with Crippen LogP contribution in [0.3, 0.4) is 0 Å². The van der Waals surface area contributed by atoms with Crippen LogP contribution in [0, 0.1) is 16.0 Å². The number of nitrogens with zero attached hydrogens (tertiary/aromatic N) is 2. The molecule has 37 heavy (non-hydrogen) atoms. The Labute approximate surface area is 221 Å². The summed E-state index contributed by atoms with van der Waals surface area (Å²) in [4.78, 5) is 49.9. The molecule has 2 aromatic carbocycles. The van der Waals surface area contributed by atoms with E-state index in [2.05, 4.69) is 5.32 Å². The summed E-state index contributed by atoms with van der Waals surface area (Å²) in [5, 5.41) is 23.6. The average Bonchev–Trinajstić information content (AvgIpc) is 3.24. The lowest BCUT2D eigenvalue weighted by Crippen LogP contribution is -2.61. The van der Waals surface area contributed by atoms with Crippen LogP contribution in [0.5, 0.6) is 0 Å². The highest BCUT2D eigenvalue weighted by Gasteiger charge is 2.58. The zero-order valence-electron chi connectivity index (χ0n) is 19.9. The van der Waals surface area contributed by atoms with Crippen molar-refractivity contribution in [2.24, 2.45) is 5.92 Å². The minimum atomic E-state index is -0.812. The lowest BCUT2D eigenvalue weighted by atomic mass is 9.90. The summed E-state index contributed by atoms with van der Waals surface area (Å²) in [6, 6.07) is 14.5. The molecule has 2 N–H and O–H groups in total. The molecule has 194 valence electrons. The van der Waals surface area contributed by atoms with Crippen LogP contribution in [-0.4, -0.2) is 56.5 Å². The fraction of sp³-hybridized carbons (Fsp3) is 0.320. The van der Waals surface area contributed by atoms with E-state index in [1.807, 2.05) is 6.07 Å². The second-order valence-corrected chi connectivity index (χ2v) is 10.8. The molecule has 2 amide bonds. The van der Waals surface area contributed by atoms with Gasteiger partial charge < -0.3 is 15.2 Å². The standard InChI is InChI=1S/C25H25N3O7S2/c1-2-18(29)19-22(31)27-20(24(32)35-14-15-8-10-17(11-9-15)28(33)34)25(37-23(19)27)36-13-12-26-21(30)16-6-4-3-5-7-16/h3-11,18-19,23,29H,2,12-14H2,1H3,(H,26,30)/t18-,19+,23+/m0/s1. The first-order valence-electron chi connectivity index (χ1n) is 11.6. The number of carbonyl (C=O) groups is 3. The average molecular weight is 544 g/mol. The second kappa shape index (κ2) is 11.8. The molecule has 2 heterocycles. The lowest BCUT2D eigenvalue weighted by molar-refractivity contribution is -0.384. The summed E-state index contributed by atoms with van der Waals surface area (Å²) in [6.45, 7) is 2.01. The molecule has 0 aliphatic carbocycles. The number of nitrogens with one attached hydrogen (secondary N) is 1. The van der Waals surface area contributed by atoms with Crippen LogP contribution in [0.15, 0.2) is 64.5 Å². The van der Waals surface area contributed by atoms with E-state index in [1.54, 1.807) is 31.2 Å². The van der Waals surface area contributed by atoms with Crippen molar-refractivity contribution in [2.75, 3.05) is 12.3 Å². The largest absolute Gasteiger partial charge is 0.456 e. The van der Waals surface area contributed by atoms with Crippen molar-refractivity contribution in [3.63, 3.8) is 0 Å². The number of rotatable bonds is 11. The van der Waals surface area contributed by atoms with E-state index in [9.17, 15) is 29.6 Å². The summed E-state index contributed by atoms with van der Waals surface area (Å²) < 4.78 is 6.04. The molecule has 4 rings (SSSR count). The third-order valence-corrected chi connectivity index (χ3v) is 8.61. The van der Waals surface area contributed by atoms with Gasteiger partial charge in [-0.3, -0.25) is 24.6 Å². The van der Waals surface area contributed by atoms with Gasteiger partial charge in [-0.1, -0.05) is 36.9 Å². The molecule has 0 unspecified atom stereocenters. The van der Waals surface area contributed by atoms with E-state index >= 15 is 0 Å². The highest BCUT2D eigenvalue weighted by Crippen LogP contribution is 2.54. The molecule has 0 saturated carbocycles. The van der Waals surface area contributed by atoms with Gasteiger partial charge in [0.15, 0.2) is 5.70 Å². The van der Waals surface area contributed by atoms with E-state index in [1.165, 1.54) is 52.7 Å². The number of thioether (sulfide) groups is 2. The van der Waals surface area contributed by atoms with Crippen molar-refractivity contribution >= 4 is 47.0 Å². The van der Waals surface area contributed by atoms with Gasteiger partial charge in [0, 0.05) is 30.0 Å². The molecule has 0 radical (unpaired) electrons. The van der Waals surface area contributed by atoms with E-state index < -0.39 is 28.3 Å². The normalized spacial score (nSPS) is 19.2. The SMILES string of the molecule is CC[C@H](O)[C@@H]1C(=O)N2C(C(=O)OCc3ccc([N+](=O)[O-])cc3)=C(SCCNC(=O)c3ccccc3)S[C@H]12. The zero-order chi connectivity index (χ0) is 26.5. The molecule has 12 heteroatoms. The van der Waals surface area contributed by atoms with Crippen molar-refractivity contribution in [3.8, 4) is 0 Å². The molecule has 0 bridgehead atoms. The number of hydrogen-bond acceptors (Lipinski definition) is 9. The molecule has 0 aromatic heterocycles. The summed E-state index contributed by atoms with van der Waals surface area (Å²) in [5.74, 6) is -1.38. The van der Waals surface area contributed by atoms with E-state index in [-0.39, 0.29) is 29.8 Å². The van der Waals surface area contributed by atoms with Crippen LogP contribution < -0.4 is 5.32 Å². The van der Waals surface area contributed by atoms with Gasteiger partial charge in [0.1, 0.15) is 12.0 Å². The number of fused-ring (bicyclic) bond motifs is 1. The molecular weight excluding hydrogens is 518 g/mol. The number of carbonyl (C=O) groups excluding carboxylic acids is 3. The Morgan fingerprint density at radius 1 is 1.22 bits per heavy atom. The number of β-lactam (4-membered cyclic amide) rings is 1. The first-order valence-corrected chi connectivity index (χ1v) is 13.5. The molecule has 1 fully saturated rings. The number of nitro benzene ring substituents is 1.